The number of thioether (sulfide) groups is 1. The summed E-state index contributed by atoms with van der Waals surface area (Å²) in [6.07, 6.45) is -5.38. The molecule has 1 aromatic rings. The van der Waals surface area contributed by atoms with Gasteiger partial charge in [-0.1, -0.05) is 0 Å². The molecular weight excluding hydrogens is 375 g/mol. The molecule has 1 unspecified atom stereocenters. The molecule has 11 heteroatoms. The van der Waals surface area contributed by atoms with Crippen molar-refractivity contribution in [2.45, 2.75) is 37.9 Å². The molecule has 0 radical (unpaired) electrons. The average Bonchev–Trinajstić information content (AvgIpc) is 2.84. The lowest BCUT2D eigenvalue weighted by Crippen LogP contribution is -2.42. The number of carbonyl (C=O) groups excluding carboxylic acids is 2. The Morgan fingerprint density at radius 1 is 1.31 bits per heavy atom. The Morgan fingerprint density at radius 3 is 2.50 bits per heavy atom. The van der Waals surface area contributed by atoms with Crippen LogP contribution in [0.15, 0.2) is 18.2 Å². The number of nitrogens with zero attached hydrogens (tertiary/aromatic N) is 1. The summed E-state index contributed by atoms with van der Waals surface area (Å²) >= 11 is 0.689. The summed E-state index contributed by atoms with van der Waals surface area (Å²) in [7, 11) is 0. The third-order valence-electron chi connectivity index (χ3n) is 3.19. The minimum absolute atomic E-state index is 0.0730. The van der Waals surface area contributed by atoms with E-state index < -0.39 is 34.0 Å². The summed E-state index contributed by atoms with van der Waals surface area (Å²) in [5, 5.41) is 10.9. The number of halogens is 3. The zero-order valence-electron chi connectivity index (χ0n) is 14.2. The van der Waals surface area contributed by atoms with Crippen LogP contribution in [0.5, 0.6) is 0 Å². The monoisotopic (exact) mass is 393 g/mol. The molecule has 1 aliphatic heterocycles. The van der Waals surface area contributed by atoms with Gasteiger partial charge in [-0.25, -0.2) is 4.79 Å². The first kappa shape index (κ1) is 20.2. The van der Waals surface area contributed by atoms with E-state index in [0.717, 1.165) is 11.0 Å². The van der Waals surface area contributed by atoms with Gasteiger partial charge in [-0.05, 0) is 50.7 Å². The minimum Gasteiger partial charge on any atom is -0.433 e. The molecule has 3 N–H and O–H groups in total. The second-order valence-corrected chi connectivity index (χ2v) is 7.69. The number of benzene rings is 1. The van der Waals surface area contributed by atoms with Crippen molar-refractivity contribution in [1.82, 2.24) is 5.32 Å². The van der Waals surface area contributed by atoms with E-state index in [1.165, 1.54) is 6.07 Å². The lowest BCUT2D eigenvalue weighted by molar-refractivity contribution is -0.137. The lowest BCUT2D eigenvalue weighted by Gasteiger charge is -2.22. The number of nitrogens with one attached hydrogen (secondary N) is 2. The molecule has 1 aliphatic rings. The molecule has 26 heavy (non-hydrogen) atoms. The topological polar surface area (TPSA) is 90.9 Å². The summed E-state index contributed by atoms with van der Waals surface area (Å²) in [4.78, 5) is 25.0. The van der Waals surface area contributed by atoms with Gasteiger partial charge >= 0.3 is 12.3 Å². The van der Waals surface area contributed by atoms with Gasteiger partial charge < -0.3 is 10.1 Å². The third-order valence-corrected chi connectivity index (χ3v) is 4.12. The van der Waals surface area contributed by atoms with Gasteiger partial charge in [0.15, 0.2) is 5.44 Å². The number of ether oxygens (including phenoxy) is 1. The average molecular weight is 393 g/mol. The van der Waals surface area contributed by atoms with E-state index in [4.69, 9.17) is 9.94 Å². The van der Waals surface area contributed by atoms with Crippen LogP contribution in [0, 0.1) is 0 Å². The highest BCUT2D eigenvalue weighted by Crippen LogP contribution is 2.37. The SMILES string of the molecule is CC(C)(C)NC(=O)OC1CN(c2cc(NO)cc(C(F)(F)F)c2)C(=O)S1. The van der Waals surface area contributed by atoms with Crippen molar-refractivity contribution in [2.24, 2.45) is 0 Å². The van der Waals surface area contributed by atoms with E-state index in [1.807, 2.05) is 0 Å². The number of rotatable bonds is 3. The molecule has 0 aromatic heterocycles. The quantitative estimate of drug-likeness (QED) is 0.672. The van der Waals surface area contributed by atoms with Crippen molar-refractivity contribution in [1.29, 1.82) is 0 Å². The second kappa shape index (κ2) is 7.23. The number of hydrogen-bond acceptors (Lipinski definition) is 6. The first-order chi connectivity index (χ1) is 11.9. The van der Waals surface area contributed by atoms with Crippen molar-refractivity contribution >= 4 is 34.5 Å². The predicted octanol–water partition coefficient (Wildman–Crippen LogP) is 4.03. The fraction of sp³-hybridized carbons (Fsp3) is 0.467. The Kier molecular flexibility index (Phi) is 5.61. The molecule has 0 aliphatic carbocycles. The summed E-state index contributed by atoms with van der Waals surface area (Å²) in [6.45, 7) is 5.13. The van der Waals surface area contributed by atoms with Crippen LogP contribution in [0.4, 0.5) is 34.1 Å². The first-order valence-corrected chi connectivity index (χ1v) is 8.36. The largest absolute Gasteiger partial charge is 0.433 e. The van der Waals surface area contributed by atoms with Gasteiger partial charge in [0.25, 0.3) is 5.24 Å². The number of carbonyl (C=O) groups is 2. The maximum atomic E-state index is 13.0. The number of amides is 2. The van der Waals surface area contributed by atoms with Crippen LogP contribution in [0.2, 0.25) is 0 Å². The van der Waals surface area contributed by atoms with Crippen molar-refractivity contribution in [2.75, 3.05) is 16.9 Å². The highest BCUT2D eigenvalue weighted by atomic mass is 32.2. The highest BCUT2D eigenvalue weighted by Gasteiger charge is 2.37. The van der Waals surface area contributed by atoms with Gasteiger partial charge in [0.05, 0.1) is 17.8 Å². The molecule has 0 saturated carbocycles. The summed E-state index contributed by atoms with van der Waals surface area (Å²) in [6, 6.07) is 2.68. The molecule has 7 nitrogen and oxygen atoms in total. The van der Waals surface area contributed by atoms with Gasteiger partial charge in [-0.3, -0.25) is 20.4 Å². The van der Waals surface area contributed by atoms with Crippen LogP contribution in [-0.4, -0.2) is 34.1 Å². The van der Waals surface area contributed by atoms with Crippen molar-refractivity contribution in [3.8, 4) is 0 Å². The van der Waals surface area contributed by atoms with Gasteiger partial charge in [0, 0.05) is 11.2 Å². The van der Waals surface area contributed by atoms with E-state index >= 15 is 0 Å². The molecule has 1 aromatic carbocycles. The van der Waals surface area contributed by atoms with E-state index in [-0.39, 0.29) is 17.9 Å². The molecule has 1 fully saturated rings. The van der Waals surface area contributed by atoms with Gasteiger partial charge in [0.1, 0.15) is 0 Å². The summed E-state index contributed by atoms with van der Waals surface area (Å²) in [5.74, 6) is 0. The minimum atomic E-state index is -4.65. The predicted molar refractivity (Wildman–Crippen MR) is 90.3 cm³/mol. The van der Waals surface area contributed by atoms with Gasteiger partial charge in [0.2, 0.25) is 0 Å². The van der Waals surface area contributed by atoms with Gasteiger partial charge in [-0.2, -0.15) is 13.2 Å². The second-order valence-electron chi connectivity index (χ2n) is 6.58. The summed E-state index contributed by atoms with van der Waals surface area (Å²) < 4.78 is 44.1. The van der Waals surface area contributed by atoms with Crippen molar-refractivity contribution in [3.05, 3.63) is 23.8 Å². The maximum absolute atomic E-state index is 13.0. The fourth-order valence-corrected chi connectivity index (χ4v) is 3.05. The molecule has 0 bridgehead atoms. The molecule has 1 saturated heterocycles. The smallest absolute Gasteiger partial charge is 0.416 e. The Hall–Kier alpha value is -2.14. The zero-order valence-corrected chi connectivity index (χ0v) is 15.0. The number of hydrogen-bond donors (Lipinski definition) is 3. The van der Waals surface area contributed by atoms with Crippen LogP contribution < -0.4 is 15.7 Å². The Labute approximate surface area is 151 Å². The molecule has 1 atom stereocenters. The van der Waals surface area contributed by atoms with E-state index in [2.05, 4.69) is 5.32 Å². The zero-order chi connectivity index (χ0) is 19.7. The molecule has 2 rings (SSSR count). The molecule has 2 amide bonds. The summed E-state index contributed by atoms with van der Waals surface area (Å²) in [5.41, 5.74) is -1.08. The van der Waals surface area contributed by atoms with Crippen LogP contribution in [0.3, 0.4) is 0 Å². The first-order valence-electron chi connectivity index (χ1n) is 7.48. The third kappa shape index (κ3) is 5.18. The molecule has 144 valence electrons. The number of alkyl halides is 3. The van der Waals surface area contributed by atoms with Crippen molar-refractivity contribution in [3.63, 3.8) is 0 Å². The van der Waals surface area contributed by atoms with Crippen LogP contribution >= 0.6 is 11.8 Å². The standard InChI is InChI=1S/C15H18F3N3O4S/c1-14(2,3)19-12(22)25-11-7-21(13(23)26-11)10-5-8(15(16,17)18)4-9(6-10)20-24/h4-6,11,20,24H,7H2,1-3H3,(H,19,22). The fourth-order valence-electron chi connectivity index (χ4n) is 2.16. The normalized spacial score (nSPS) is 18.0. The molecular formula is C15H18F3N3O4S. The molecule has 1 heterocycles. The van der Waals surface area contributed by atoms with E-state index in [1.54, 1.807) is 26.3 Å². The number of anilines is 2. The van der Waals surface area contributed by atoms with Gasteiger partial charge in [-0.15, -0.1) is 0 Å². The highest BCUT2D eigenvalue weighted by molar-refractivity contribution is 8.14. The molecule has 0 spiro atoms. The van der Waals surface area contributed by atoms with Crippen LogP contribution in [-0.2, 0) is 10.9 Å². The maximum Gasteiger partial charge on any atom is 0.416 e. The van der Waals surface area contributed by atoms with Crippen LogP contribution in [0.1, 0.15) is 26.3 Å². The lowest BCUT2D eigenvalue weighted by atomic mass is 10.1. The van der Waals surface area contributed by atoms with Crippen LogP contribution in [0.25, 0.3) is 0 Å². The Bertz CT molecular complexity index is 706. The van der Waals surface area contributed by atoms with Crippen molar-refractivity contribution < 1.29 is 32.7 Å². The van der Waals surface area contributed by atoms with E-state index in [0.29, 0.717) is 17.8 Å². The van der Waals surface area contributed by atoms with E-state index in [9.17, 15) is 22.8 Å². The Morgan fingerprint density at radius 2 is 1.96 bits per heavy atom. The Balaban J connectivity index is 2.17. The number of alkyl carbamates (subject to hydrolysis) is 1.